The molecule has 1 nitrogen and oxygen atoms in total. The molecule has 0 amide bonds. The summed E-state index contributed by atoms with van der Waals surface area (Å²) in [4.78, 5) is 3.18. The molecule has 21 heavy (non-hydrogen) atoms. The van der Waals surface area contributed by atoms with Crippen LogP contribution in [0.15, 0.2) is 79.0 Å². The zero-order chi connectivity index (χ0) is 14.5. The summed E-state index contributed by atoms with van der Waals surface area (Å²) in [6.07, 6.45) is 1.90. The van der Waals surface area contributed by atoms with Gasteiger partial charge in [0.2, 0.25) is 0 Å². The highest BCUT2D eigenvalue weighted by atomic mass is 32.2. The van der Waals surface area contributed by atoms with Crippen molar-refractivity contribution in [3.8, 4) is 0 Å². The molecule has 0 aliphatic heterocycles. The van der Waals surface area contributed by atoms with Crippen LogP contribution in [0.5, 0.6) is 0 Å². The zero-order valence-electron chi connectivity index (χ0n) is 11.4. The van der Waals surface area contributed by atoms with Gasteiger partial charge in [-0.05, 0) is 23.3 Å². The zero-order valence-corrected chi connectivity index (χ0v) is 13.0. The maximum Gasteiger partial charge on any atom is 0.0950 e. The Morgan fingerprint density at radius 2 is 1.38 bits per heavy atom. The highest BCUT2D eigenvalue weighted by Gasteiger charge is 2.17. The first-order chi connectivity index (χ1) is 10.3. The number of thioether (sulfide) groups is 1. The fourth-order valence-electron chi connectivity index (χ4n) is 2.21. The van der Waals surface area contributed by atoms with Crippen molar-refractivity contribution in [1.29, 1.82) is 0 Å². The highest BCUT2D eigenvalue weighted by Crippen LogP contribution is 2.37. The van der Waals surface area contributed by atoms with Gasteiger partial charge in [0, 0.05) is 6.20 Å². The minimum atomic E-state index is 0.211. The fraction of sp³-hybridized carbons (Fsp3) is 0.0556. The van der Waals surface area contributed by atoms with E-state index < -0.39 is 0 Å². The molecule has 0 spiro atoms. The van der Waals surface area contributed by atoms with Gasteiger partial charge in [-0.2, -0.15) is 0 Å². The molecule has 3 heteroatoms. The number of thiocarbonyl (C=S) groups is 1. The monoisotopic (exact) mass is 309 g/mol. The van der Waals surface area contributed by atoms with Crippen LogP contribution in [0.3, 0.4) is 0 Å². The lowest BCUT2D eigenvalue weighted by molar-refractivity contribution is 1.16. The van der Waals surface area contributed by atoms with Gasteiger partial charge in [-0.1, -0.05) is 84.6 Å². The first-order valence-corrected chi connectivity index (χ1v) is 8.07. The Bertz CT molecular complexity index is 651. The molecule has 0 radical (unpaired) electrons. The SMILES string of the molecule is S=C(SC(c1ccccc1)c1ccccc1)c1ccc[nH]1. The summed E-state index contributed by atoms with van der Waals surface area (Å²) in [5.41, 5.74) is 3.54. The van der Waals surface area contributed by atoms with Gasteiger partial charge in [0.25, 0.3) is 0 Å². The van der Waals surface area contributed by atoms with Gasteiger partial charge in [-0.25, -0.2) is 0 Å². The lowest BCUT2D eigenvalue weighted by Crippen LogP contribution is -2.02. The van der Waals surface area contributed by atoms with Crippen molar-refractivity contribution in [2.24, 2.45) is 0 Å². The standard InChI is InChI=1S/C18H15NS2/c20-18(16-12-7-13-19-16)21-17(14-8-3-1-4-9-14)15-10-5-2-6-11-15/h1-13,17,19H. The molecular weight excluding hydrogens is 294 g/mol. The number of H-pyrrole nitrogens is 1. The summed E-state index contributed by atoms with van der Waals surface area (Å²) in [6, 6.07) is 25.0. The topological polar surface area (TPSA) is 15.8 Å². The predicted octanol–water partition coefficient (Wildman–Crippen LogP) is 5.21. The van der Waals surface area contributed by atoms with Gasteiger partial charge < -0.3 is 4.98 Å². The molecule has 3 aromatic rings. The van der Waals surface area contributed by atoms with E-state index in [0.29, 0.717) is 0 Å². The van der Waals surface area contributed by atoms with E-state index in [-0.39, 0.29) is 5.25 Å². The largest absolute Gasteiger partial charge is 0.360 e. The van der Waals surface area contributed by atoms with E-state index in [4.69, 9.17) is 12.2 Å². The van der Waals surface area contributed by atoms with Crippen molar-refractivity contribution in [3.63, 3.8) is 0 Å². The summed E-state index contributed by atoms with van der Waals surface area (Å²) in [6.45, 7) is 0. The summed E-state index contributed by atoms with van der Waals surface area (Å²) in [5.74, 6) is 0. The number of nitrogens with one attached hydrogen (secondary N) is 1. The molecule has 1 aromatic heterocycles. The first-order valence-electron chi connectivity index (χ1n) is 6.79. The Labute approximate surface area is 134 Å². The van der Waals surface area contributed by atoms with Gasteiger partial charge >= 0.3 is 0 Å². The van der Waals surface area contributed by atoms with Crippen LogP contribution in [0.4, 0.5) is 0 Å². The summed E-state index contributed by atoms with van der Waals surface area (Å²) in [5, 5.41) is 0.211. The number of rotatable bonds is 4. The van der Waals surface area contributed by atoms with Crippen LogP contribution in [0.25, 0.3) is 0 Å². The molecule has 2 aromatic carbocycles. The second kappa shape index (κ2) is 6.74. The Hall–Kier alpha value is -1.84. The quantitative estimate of drug-likeness (QED) is 0.665. The first kappa shape index (κ1) is 14.1. The van der Waals surface area contributed by atoms with E-state index in [1.807, 2.05) is 30.5 Å². The normalized spacial score (nSPS) is 10.7. The third-order valence-corrected chi connectivity index (χ3v) is 4.97. The molecule has 0 saturated carbocycles. The van der Waals surface area contributed by atoms with Crippen molar-refractivity contribution in [2.75, 3.05) is 0 Å². The van der Waals surface area contributed by atoms with Crippen molar-refractivity contribution in [3.05, 3.63) is 95.8 Å². The van der Waals surface area contributed by atoms with E-state index in [1.165, 1.54) is 11.1 Å². The lowest BCUT2D eigenvalue weighted by atomic mass is 10.0. The maximum atomic E-state index is 5.58. The molecule has 1 heterocycles. The predicted molar refractivity (Wildman–Crippen MR) is 94.8 cm³/mol. The van der Waals surface area contributed by atoms with E-state index in [2.05, 4.69) is 53.5 Å². The number of benzene rings is 2. The summed E-state index contributed by atoms with van der Waals surface area (Å²) < 4.78 is 0.887. The number of hydrogen-bond donors (Lipinski definition) is 1. The van der Waals surface area contributed by atoms with Crippen LogP contribution in [0, 0.1) is 0 Å². The number of hydrogen-bond acceptors (Lipinski definition) is 2. The Morgan fingerprint density at radius 1 is 0.810 bits per heavy atom. The second-order valence-electron chi connectivity index (χ2n) is 4.69. The Balaban J connectivity index is 1.92. The third-order valence-electron chi connectivity index (χ3n) is 3.25. The van der Waals surface area contributed by atoms with E-state index in [1.54, 1.807) is 11.8 Å². The van der Waals surface area contributed by atoms with Crippen molar-refractivity contribution in [2.45, 2.75) is 5.25 Å². The molecule has 1 N–H and O–H groups in total. The fourth-order valence-corrected chi connectivity index (χ4v) is 3.68. The number of aromatic amines is 1. The van der Waals surface area contributed by atoms with Crippen molar-refractivity contribution >= 4 is 28.2 Å². The van der Waals surface area contributed by atoms with E-state index >= 15 is 0 Å². The van der Waals surface area contributed by atoms with Crippen LogP contribution >= 0.6 is 24.0 Å². The molecule has 0 atom stereocenters. The lowest BCUT2D eigenvalue weighted by Gasteiger charge is -2.17. The molecule has 0 unspecified atom stereocenters. The van der Waals surface area contributed by atoms with Crippen molar-refractivity contribution < 1.29 is 0 Å². The van der Waals surface area contributed by atoms with Crippen LogP contribution < -0.4 is 0 Å². The molecule has 0 saturated heterocycles. The van der Waals surface area contributed by atoms with Gasteiger partial charge in [-0.15, -0.1) is 0 Å². The van der Waals surface area contributed by atoms with E-state index in [0.717, 1.165) is 9.89 Å². The molecule has 0 aliphatic rings. The Morgan fingerprint density at radius 3 is 1.86 bits per heavy atom. The second-order valence-corrected chi connectivity index (χ2v) is 6.47. The van der Waals surface area contributed by atoms with Gasteiger partial charge in [-0.3, -0.25) is 0 Å². The molecule has 0 aliphatic carbocycles. The molecular formula is C18H15NS2. The van der Waals surface area contributed by atoms with Gasteiger partial charge in [0.05, 0.1) is 15.1 Å². The van der Waals surface area contributed by atoms with Crippen LogP contribution in [0.2, 0.25) is 0 Å². The maximum absolute atomic E-state index is 5.58. The average Bonchev–Trinajstić information content (AvgIpc) is 3.09. The van der Waals surface area contributed by atoms with Gasteiger partial charge in [0.1, 0.15) is 0 Å². The average molecular weight is 309 g/mol. The van der Waals surface area contributed by atoms with Crippen LogP contribution in [-0.2, 0) is 0 Å². The summed E-state index contributed by atoms with van der Waals surface area (Å²) >= 11 is 7.29. The Kier molecular flexibility index (Phi) is 4.53. The molecule has 0 fully saturated rings. The van der Waals surface area contributed by atoms with Crippen LogP contribution in [0.1, 0.15) is 22.1 Å². The smallest absolute Gasteiger partial charge is 0.0950 e. The molecule has 104 valence electrons. The minimum Gasteiger partial charge on any atom is -0.360 e. The molecule has 0 bridgehead atoms. The minimum absolute atomic E-state index is 0.211. The highest BCUT2D eigenvalue weighted by molar-refractivity contribution is 8.23. The third kappa shape index (κ3) is 3.43. The van der Waals surface area contributed by atoms with E-state index in [9.17, 15) is 0 Å². The van der Waals surface area contributed by atoms with Gasteiger partial charge in [0.15, 0.2) is 0 Å². The molecule has 3 rings (SSSR count). The van der Waals surface area contributed by atoms with Crippen LogP contribution in [-0.4, -0.2) is 9.18 Å². The summed E-state index contributed by atoms with van der Waals surface area (Å²) in [7, 11) is 0. The van der Waals surface area contributed by atoms with Crippen molar-refractivity contribution in [1.82, 2.24) is 4.98 Å². The number of aromatic nitrogens is 1.